The van der Waals surface area contributed by atoms with Crippen LogP contribution in [-0.4, -0.2) is 161 Å². The van der Waals surface area contributed by atoms with Crippen LogP contribution < -0.4 is 43.5 Å². The lowest BCUT2D eigenvalue weighted by molar-refractivity contribution is -0.145. The van der Waals surface area contributed by atoms with Crippen molar-refractivity contribution in [1.29, 1.82) is 0 Å². The van der Waals surface area contributed by atoms with E-state index in [1.54, 1.807) is 6.92 Å². The third-order valence-corrected chi connectivity index (χ3v) is 13.5. The Balaban J connectivity index is 0.000000912. The number of aliphatic hydroxyl groups excluding tert-OH is 2. The average molecular weight is 1060 g/mol. The van der Waals surface area contributed by atoms with Gasteiger partial charge in [0.15, 0.2) is 0 Å². The number of aldehydes is 1. The second-order valence-electron chi connectivity index (χ2n) is 19.3. The molecule has 8 unspecified atom stereocenters. The fourth-order valence-electron chi connectivity index (χ4n) is 9.12. The van der Waals surface area contributed by atoms with Crippen molar-refractivity contribution in [1.82, 2.24) is 36.4 Å². The number of carbonyl (C=O) groups excluding carboxylic acids is 8. The van der Waals surface area contributed by atoms with Gasteiger partial charge in [0.2, 0.25) is 41.4 Å². The van der Waals surface area contributed by atoms with Gasteiger partial charge in [0, 0.05) is 25.8 Å². The van der Waals surface area contributed by atoms with Crippen molar-refractivity contribution >= 4 is 60.2 Å². The van der Waals surface area contributed by atoms with Gasteiger partial charge < -0.3 is 72.3 Å². The van der Waals surface area contributed by atoms with E-state index in [2.05, 4.69) is 39.2 Å². The third kappa shape index (κ3) is 23.4. The molecule has 4 rings (SSSR count). The minimum Gasteiger partial charge on any atom is -0.423 e. The summed E-state index contributed by atoms with van der Waals surface area (Å²) in [6.45, 7) is 6.08. The first-order valence-corrected chi connectivity index (χ1v) is 27.3. The first-order chi connectivity index (χ1) is 36.1. The van der Waals surface area contributed by atoms with Crippen molar-refractivity contribution < 1.29 is 63.4 Å². The number of nitrogens with one attached hydrogen (secondary N) is 5. The van der Waals surface area contributed by atoms with Crippen molar-refractivity contribution in [2.45, 2.75) is 211 Å². The normalized spacial score (nSPS) is 22.8. The highest BCUT2D eigenvalue weighted by molar-refractivity contribution is 6.58. The molecule has 7 amide bonds. The molecule has 3 heterocycles. The number of hydrogen-bond acceptors (Lipinski definition) is 15. The molecule has 13 N–H and O–H groups in total. The number of amides is 7. The maximum absolute atomic E-state index is 14.2. The van der Waals surface area contributed by atoms with Crippen LogP contribution in [0.1, 0.15) is 174 Å². The molecule has 1 aromatic rings. The van der Waals surface area contributed by atoms with E-state index < -0.39 is 91.1 Å². The molecule has 424 valence electrons. The zero-order valence-electron chi connectivity index (χ0n) is 45.0. The molecule has 8 atom stereocenters. The van der Waals surface area contributed by atoms with E-state index >= 15 is 0 Å². The molecule has 75 heavy (non-hydrogen) atoms. The Kier molecular flexibility index (Phi) is 33.2. The Bertz CT molecular complexity index is 1880. The van der Waals surface area contributed by atoms with Gasteiger partial charge in [-0.1, -0.05) is 116 Å². The maximum atomic E-state index is 14.2. The molecular formula is C52H90BN9O13. The average Bonchev–Trinajstić information content (AvgIpc) is 4.11. The predicted octanol–water partition coefficient (Wildman–Crippen LogP) is 0.544. The van der Waals surface area contributed by atoms with Gasteiger partial charge in [0.05, 0.1) is 12.8 Å². The summed E-state index contributed by atoms with van der Waals surface area (Å²) in [5.41, 5.74) is 9.68. The number of nitrogens with two attached hydrogens (primary N) is 2. The fraction of sp³-hybridized carbons (Fsp3) is 0.731. The molecule has 0 spiro atoms. The minimum atomic E-state index is -2.08. The highest BCUT2D eigenvalue weighted by Gasteiger charge is 2.44. The number of benzene rings is 1. The standard InChI is InChI=1S/C37H56BN7O12.C14H29NO.CH5N/c1-3-5-17-39-28-11-6-12-29(47)40-24(4-2)36(53)45-21-57-20-27(45)34(51)43-30(32(49)31(48)22-13-15-23(16-14-22)38(55)56)35(52)41-25(9-8-19-46)37(54)44-18-7-10-26(44)33(50)42-28;1-2-3-4-5-6-7-8-9-10-11-12-13-14(15)16;1-2/h13-16,19,24-28,30-32,39,48-49,55-56H,3-12,17-18,20-21H2,1-2H3,(H,40,47)(H,41,52)(H,42,50)(H,43,51);2-13H2,1H3,(H2,15,16);2H2,1H3. The number of unbranched alkanes of at least 4 members (excludes halogenated alkanes) is 11. The second kappa shape index (κ2) is 37.7. The summed E-state index contributed by atoms with van der Waals surface area (Å²) in [4.78, 5) is 107. The molecule has 3 fully saturated rings. The van der Waals surface area contributed by atoms with Crippen LogP contribution >= 0.6 is 0 Å². The van der Waals surface area contributed by atoms with Crippen molar-refractivity contribution in [3.63, 3.8) is 0 Å². The largest absolute Gasteiger partial charge is 0.488 e. The Morgan fingerprint density at radius 2 is 1.36 bits per heavy atom. The smallest absolute Gasteiger partial charge is 0.423 e. The molecule has 0 radical (unpaired) electrons. The minimum absolute atomic E-state index is 0.0253. The Labute approximate surface area is 444 Å². The number of fused-ring (bicyclic) bond motifs is 2. The Hall–Kier alpha value is -5.04. The van der Waals surface area contributed by atoms with Gasteiger partial charge in [-0.05, 0) is 76.0 Å². The number of ether oxygens (including phenoxy) is 1. The molecular weight excluding hydrogens is 969 g/mol. The van der Waals surface area contributed by atoms with Crippen LogP contribution in [0.15, 0.2) is 24.3 Å². The van der Waals surface area contributed by atoms with Crippen LogP contribution in [0.2, 0.25) is 0 Å². The number of nitrogens with zero attached hydrogens (tertiary/aromatic N) is 2. The summed E-state index contributed by atoms with van der Waals surface area (Å²) in [5.74, 6) is -4.41. The number of hydrogen-bond donors (Lipinski definition) is 11. The van der Waals surface area contributed by atoms with E-state index in [0.29, 0.717) is 44.9 Å². The molecule has 1 aromatic carbocycles. The monoisotopic (exact) mass is 1060 g/mol. The van der Waals surface area contributed by atoms with Gasteiger partial charge in [0.1, 0.15) is 55.4 Å². The van der Waals surface area contributed by atoms with E-state index in [9.17, 15) is 58.6 Å². The summed E-state index contributed by atoms with van der Waals surface area (Å²) >= 11 is 0. The lowest BCUT2D eigenvalue weighted by Gasteiger charge is -2.33. The molecule has 3 saturated heterocycles. The van der Waals surface area contributed by atoms with E-state index in [4.69, 9.17) is 10.5 Å². The zero-order chi connectivity index (χ0) is 55.7. The summed E-state index contributed by atoms with van der Waals surface area (Å²) in [5, 5.41) is 55.7. The van der Waals surface area contributed by atoms with Crippen molar-refractivity contribution in [2.75, 3.05) is 33.5 Å². The fourth-order valence-corrected chi connectivity index (χ4v) is 9.12. The molecule has 0 aliphatic carbocycles. The predicted molar refractivity (Wildman–Crippen MR) is 284 cm³/mol. The van der Waals surface area contributed by atoms with Crippen LogP contribution in [0.25, 0.3) is 0 Å². The molecule has 0 aromatic heterocycles. The Morgan fingerprint density at radius 3 is 1.95 bits per heavy atom. The molecule has 3 aliphatic heterocycles. The van der Waals surface area contributed by atoms with E-state index in [-0.39, 0.29) is 62.5 Å². The van der Waals surface area contributed by atoms with E-state index in [1.807, 2.05) is 6.92 Å². The third-order valence-electron chi connectivity index (χ3n) is 13.5. The van der Waals surface area contributed by atoms with Crippen molar-refractivity contribution in [3.05, 3.63) is 29.8 Å². The molecule has 3 aliphatic rings. The summed E-state index contributed by atoms with van der Waals surface area (Å²) in [7, 11) is -0.322. The van der Waals surface area contributed by atoms with Crippen LogP contribution in [0.3, 0.4) is 0 Å². The summed E-state index contributed by atoms with van der Waals surface area (Å²) < 4.78 is 5.47. The first-order valence-electron chi connectivity index (χ1n) is 27.3. The van der Waals surface area contributed by atoms with Crippen LogP contribution in [0.5, 0.6) is 0 Å². The van der Waals surface area contributed by atoms with Gasteiger partial charge in [-0.25, -0.2) is 0 Å². The number of primary amides is 1. The lowest BCUT2D eigenvalue weighted by atomic mass is 9.79. The van der Waals surface area contributed by atoms with Crippen LogP contribution in [0, 0.1) is 0 Å². The van der Waals surface area contributed by atoms with Crippen molar-refractivity contribution in [2.24, 2.45) is 11.5 Å². The number of aliphatic hydroxyl groups is 2. The Morgan fingerprint density at radius 1 is 0.760 bits per heavy atom. The molecule has 23 heteroatoms. The first kappa shape index (κ1) is 66.1. The SMILES string of the molecule is CCCCCCCCCCCCCC(N)=O.CCCCNC1CCCC(=O)NC(CC)C(=O)N2COCC2C(=O)NC(C(O)C(O)c2ccc(B(O)O)cc2)C(=O)NC(CCC=O)C(=O)N2CCCC2C(=O)N1.CN. The summed E-state index contributed by atoms with van der Waals surface area (Å²) in [6.07, 6.45) is 14.1. The topological polar surface area (TPSA) is 345 Å². The van der Waals surface area contributed by atoms with Crippen LogP contribution in [-0.2, 0) is 43.1 Å². The van der Waals surface area contributed by atoms with Gasteiger partial charge in [-0.2, -0.15) is 0 Å². The van der Waals surface area contributed by atoms with Crippen molar-refractivity contribution in [3.8, 4) is 0 Å². The molecule has 22 nitrogen and oxygen atoms in total. The number of carbonyl (C=O) groups is 8. The van der Waals surface area contributed by atoms with Gasteiger partial charge in [-0.3, -0.25) is 38.9 Å². The quantitative estimate of drug-likeness (QED) is 0.0383. The van der Waals surface area contributed by atoms with Gasteiger partial charge >= 0.3 is 7.12 Å². The van der Waals surface area contributed by atoms with Gasteiger partial charge in [-0.15, -0.1) is 0 Å². The second-order valence-corrected chi connectivity index (χ2v) is 19.3. The zero-order valence-corrected chi connectivity index (χ0v) is 45.0. The summed E-state index contributed by atoms with van der Waals surface area (Å²) in [6, 6.07) is -1.55. The highest BCUT2D eigenvalue weighted by Crippen LogP contribution is 2.23. The van der Waals surface area contributed by atoms with E-state index in [0.717, 1.165) is 24.2 Å². The molecule has 0 saturated carbocycles. The molecule has 0 bridgehead atoms. The van der Waals surface area contributed by atoms with E-state index in [1.165, 1.54) is 100 Å². The van der Waals surface area contributed by atoms with Gasteiger partial charge in [0.25, 0.3) is 0 Å². The number of rotatable bonds is 24. The highest BCUT2D eigenvalue weighted by atomic mass is 16.5. The maximum Gasteiger partial charge on any atom is 0.488 e. The lowest BCUT2D eigenvalue weighted by Crippen LogP contribution is -2.62. The van der Waals surface area contributed by atoms with Crippen LogP contribution in [0.4, 0.5) is 0 Å².